The molecule has 1 amide bonds. The van der Waals surface area contributed by atoms with Gasteiger partial charge in [-0.05, 0) is 110 Å². The predicted molar refractivity (Wildman–Crippen MR) is 146 cm³/mol. The van der Waals surface area contributed by atoms with Crippen LogP contribution < -0.4 is 10.9 Å². The van der Waals surface area contributed by atoms with Crippen molar-refractivity contribution in [3.05, 3.63) is 75.9 Å². The Morgan fingerprint density at radius 2 is 1.95 bits per heavy atom. The molecular weight excluding hydrogens is 492 g/mol. The van der Waals surface area contributed by atoms with Gasteiger partial charge in [0.2, 0.25) is 0 Å². The van der Waals surface area contributed by atoms with Gasteiger partial charge in [-0.2, -0.15) is 5.26 Å². The molecule has 1 aromatic heterocycles. The monoisotopic (exact) mass is 528 g/mol. The molecular formula is C32H36N2O5. The molecule has 1 aromatic carbocycles. The van der Waals surface area contributed by atoms with Gasteiger partial charge < -0.3 is 14.3 Å². The van der Waals surface area contributed by atoms with Crippen LogP contribution in [0.5, 0.6) is 0 Å². The fourth-order valence-electron chi connectivity index (χ4n) is 8.81. The van der Waals surface area contributed by atoms with E-state index in [2.05, 4.69) is 31.3 Å². The van der Waals surface area contributed by atoms with E-state index < -0.39 is 11.7 Å². The fraction of sp³-hybridized carbons (Fsp3) is 0.531. The molecule has 7 nitrogen and oxygen atoms in total. The number of fused-ring (bicyclic) bond motifs is 5. The van der Waals surface area contributed by atoms with Gasteiger partial charge in [-0.25, -0.2) is 9.59 Å². The third kappa shape index (κ3) is 4.12. The summed E-state index contributed by atoms with van der Waals surface area (Å²) in [6, 6.07) is 12.2. The standard InChI is InChI=1S/C32H36N2O5/c1-30-13-10-24(39-29(36)34-23-5-3-4-20(16-23)18-33)17-22(30)7-8-27-26(30)11-14-31(2)25(12-15-32(27,31)37)21-6-9-28(35)38-19-21/h3-6,9,16-17,19,24-27,37H,7-8,10-15H2,1-2H3,(H,34,36)/t24-,25+,26?,27?,30-,31+,32-/m0/s1. The van der Waals surface area contributed by atoms with Gasteiger partial charge in [-0.3, -0.25) is 5.32 Å². The molecule has 0 radical (unpaired) electrons. The van der Waals surface area contributed by atoms with E-state index in [0.29, 0.717) is 17.2 Å². The van der Waals surface area contributed by atoms with Crippen molar-refractivity contribution in [2.75, 3.05) is 5.32 Å². The van der Waals surface area contributed by atoms with Crippen LogP contribution in [-0.2, 0) is 4.74 Å². The first-order valence-electron chi connectivity index (χ1n) is 14.2. The lowest BCUT2D eigenvalue weighted by atomic mass is 9.45. The van der Waals surface area contributed by atoms with Gasteiger partial charge >= 0.3 is 11.7 Å². The molecule has 204 valence electrons. The average Bonchev–Trinajstić information content (AvgIpc) is 3.20. The molecule has 4 aliphatic rings. The predicted octanol–water partition coefficient (Wildman–Crippen LogP) is 6.29. The van der Waals surface area contributed by atoms with Gasteiger partial charge in [0.25, 0.3) is 0 Å². The van der Waals surface area contributed by atoms with E-state index in [9.17, 15) is 14.7 Å². The number of anilines is 1. The molecule has 0 saturated heterocycles. The second kappa shape index (κ2) is 9.38. The molecule has 4 aliphatic carbocycles. The third-order valence-corrected chi connectivity index (χ3v) is 10.9. The highest BCUT2D eigenvalue weighted by Gasteiger charge is 2.66. The normalized spacial score (nSPS) is 36.9. The summed E-state index contributed by atoms with van der Waals surface area (Å²) < 4.78 is 11.0. The summed E-state index contributed by atoms with van der Waals surface area (Å²) in [5.41, 5.74) is 2.02. The molecule has 0 spiro atoms. The summed E-state index contributed by atoms with van der Waals surface area (Å²) in [7, 11) is 0. The Kier molecular flexibility index (Phi) is 6.22. The van der Waals surface area contributed by atoms with E-state index in [1.165, 1.54) is 11.6 Å². The molecule has 2 unspecified atom stereocenters. The number of rotatable bonds is 3. The van der Waals surface area contributed by atoms with Crippen molar-refractivity contribution in [2.45, 2.75) is 82.8 Å². The Morgan fingerprint density at radius 3 is 2.72 bits per heavy atom. The lowest BCUT2D eigenvalue weighted by molar-refractivity contribution is -0.178. The van der Waals surface area contributed by atoms with Crippen LogP contribution in [-0.4, -0.2) is 22.9 Å². The number of aliphatic hydroxyl groups is 1. The maximum atomic E-state index is 12.6. The molecule has 0 aliphatic heterocycles. The summed E-state index contributed by atoms with van der Waals surface area (Å²) in [4.78, 5) is 24.2. The maximum absolute atomic E-state index is 12.6. The van der Waals surface area contributed by atoms with Crippen molar-refractivity contribution in [2.24, 2.45) is 22.7 Å². The molecule has 3 fully saturated rings. The molecule has 6 rings (SSSR count). The van der Waals surface area contributed by atoms with Crippen molar-refractivity contribution in [3.8, 4) is 6.07 Å². The molecule has 7 atom stereocenters. The number of nitriles is 1. The van der Waals surface area contributed by atoms with E-state index in [1.807, 2.05) is 6.07 Å². The number of nitrogens with one attached hydrogen (secondary N) is 1. The lowest BCUT2D eigenvalue weighted by Crippen LogP contribution is -2.60. The van der Waals surface area contributed by atoms with Crippen LogP contribution in [0.25, 0.3) is 0 Å². The van der Waals surface area contributed by atoms with Crippen LogP contribution in [0.2, 0.25) is 0 Å². The highest BCUT2D eigenvalue weighted by Crippen LogP contribution is 2.70. The second-order valence-electron chi connectivity index (χ2n) is 12.5. The Hall–Kier alpha value is -3.37. The minimum atomic E-state index is -0.754. The topological polar surface area (TPSA) is 113 Å². The Morgan fingerprint density at radius 1 is 1.10 bits per heavy atom. The number of nitrogens with zero attached hydrogens (tertiary/aromatic N) is 1. The summed E-state index contributed by atoms with van der Waals surface area (Å²) in [6.45, 7) is 4.60. The minimum Gasteiger partial charge on any atom is -0.442 e. The van der Waals surface area contributed by atoms with E-state index in [0.717, 1.165) is 56.9 Å². The number of ether oxygens (including phenoxy) is 1. The number of hydrogen-bond acceptors (Lipinski definition) is 6. The van der Waals surface area contributed by atoms with Crippen molar-refractivity contribution in [3.63, 3.8) is 0 Å². The van der Waals surface area contributed by atoms with Gasteiger partial charge in [-0.1, -0.05) is 25.5 Å². The Balaban J connectivity index is 1.18. The fourth-order valence-corrected chi connectivity index (χ4v) is 8.81. The zero-order chi connectivity index (χ0) is 27.4. The number of carbonyl (C=O) groups is 1. The molecule has 7 heteroatoms. The smallest absolute Gasteiger partial charge is 0.412 e. The minimum absolute atomic E-state index is 0.0188. The Labute approximate surface area is 228 Å². The van der Waals surface area contributed by atoms with E-state index in [1.54, 1.807) is 30.5 Å². The molecule has 39 heavy (non-hydrogen) atoms. The van der Waals surface area contributed by atoms with Crippen LogP contribution in [0.15, 0.2) is 63.5 Å². The van der Waals surface area contributed by atoms with Gasteiger partial charge in [0.15, 0.2) is 0 Å². The zero-order valence-corrected chi connectivity index (χ0v) is 22.6. The first-order valence-corrected chi connectivity index (χ1v) is 14.2. The van der Waals surface area contributed by atoms with Crippen LogP contribution in [0, 0.1) is 34.0 Å². The maximum Gasteiger partial charge on any atom is 0.412 e. The molecule has 0 bridgehead atoms. The molecule has 2 N–H and O–H groups in total. The number of benzene rings is 1. The van der Waals surface area contributed by atoms with E-state index >= 15 is 0 Å². The van der Waals surface area contributed by atoms with Gasteiger partial charge in [-0.15, -0.1) is 0 Å². The first-order chi connectivity index (χ1) is 18.7. The van der Waals surface area contributed by atoms with Crippen molar-refractivity contribution >= 4 is 11.8 Å². The van der Waals surface area contributed by atoms with Gasteiger partial charge in [0.05, 0.1) is 23.5 Å². The third-order valence-electron chi connectivity index (χ3n) is 10.9. The highest BCUT2D eigenvalue weighted by atomic mass is 16.6. The summed E-state index contributed by atoms with van der Waals surface area (Å²) >= 11 is 0. The van der Waals surface area contributed by atoms with Gasteiger partial charge in [0.1, 0.15) is 6.10 Å². The van der Waals surface area contributed by atoms with E-state index in [4.69, 9.17) is 14.4 Å². The van der Waals surface area contributed by atoms with E-state index in [-0.39, 0.29) is 34.4 Å². The number of carbonyl (C=O) groups excluding carboxylic acids is 1. The van der Waals surface area contributed by atoms with Crippen molar-refractivity contribution < 1.29 is 19.1 Å². The quantitative estimate of drug-likeness (QED) is 0.453. The summed E-state index contributed by atoms with van der Waals surface area (Å²) in [5.74, 6) is 0.771. The Bertz CT molecular complexity index is 1400. The van der Waals surface area contributed by atoms with Crippen LogP contribution >= 0.6 is 0 Å². The SMILES string of the molecule is C[C@]12CC[C@H](OC(=O)Nc3cccc(C#N)c3)C=C1CCC1C2CC[C@]2(C)[C@@H](c3ccc(=O)oc3)CC[C@]12O. The van der Waals surface area contributed by atoms with Gasteiger partial charge in [0, 0.05) is 17.2 Å². The number of amides is 1. The lowest BCUT2D eigenvalue weighted by Gasteiger charge is -2.61. The van der Waals surface area contributed by atoms with Crippen molar-refractivity contribution in [1.29, 1.82) is 5.26 Å². The van der Waals surface area contributed by atoms with Crippen LogP contribution in [0.4, 0.5) is 10.5 Å². The van der Waals surface area contributed by atoms with Crippen molar-refractivity contribution in [1.82, 2.24) is 0 Å². The van der Waals surface area contributed by atoms with Crippen LogP contribution in [0.1, 0.15) is 82.3 Å². The summed E-state index contributed by atoms with van der Waals surface area (Å²) in [5, 5.41) is 24.2. The second-order valence-corrected chi connectivity index (χ2v) is 12.5. The molecule has 2 aromatic rings. The van der Waals surface area contributed by atoms with Crippen LogP contribution in [0.3, 0.4) is 0 Å². The molecule has 3 saturated carbocycles. The number of allylic oxidation sites excluding steroid dienone is 1. The largest absolute Gasteiger partial charge is 0.442 e. The average molecular weight is 529 g/mol. The number of hydrogen-bond donors (Lipinski definition) is 2. The summed E-state index contributed by atoms with van der Waals surface area (Å²) in [6.07, 6.45) is 10.1. The first kappa shape index (κ1) is 25.9. The zero-order valence-electron chi connectivity index (χ0n) is 22.6. The highest BCUT2D eigenvalue weighted by molar-refractivity contribution is 5.85. The molecule has 1 heterocycles.